The number of phenolic OH excluding ortho intramolecular Hbond substituents is 1. The summed E-state index contributed by atoms with van der Waals surface area (Å²) in [6.07, 6.45) is 0.119. The lowest BCUT2D eigenvalue weighted by molar-refractivity contribution is -0.0210. The van der Waals surface area contributed by atoms with Crippen LogP contribution in [0.5, 0.6) is 28.7 Å². The Morgan fingerprint density at radius 2 is 1.85 bits per heavy atom. The molecule has 2 heterocycles. The first-order chi connectivity index (χ1) is 16.5. The summed E-state index contributed by atoms with van der Waals surface area (Å²) >= 11 is 0. The minimum absolute atomic E-state index is 0.0728. The molecule has 3 aromatic carbocycles. The maximum Gasteiger partial charge on any atom is 0.214 e. The normalized spacial score (nSPS) is 18.5. The molecule has 1 N–H and O–H groups in total. The Kier molecular flexibility index (Phi) is 5.69. The van der Waals surface area contributed by atoms with E-state index in [1.165, 1.54) is 0 Å². The molecule has 0 saturated carbocycles. The molecule has 0 saturated heterocycles. The number of ether oxygens (including phenoxy) is 4. The van der Waals surface area contributed by atoms with Gasteiger partial charge in [0.1, 0.15) is 5.75 Å². The molecule has 0 fully saturated rings. The van der Waals surface area contributed by atoms with Gasteiger partial charge in [-0.05, 0) is 50.2 Å². The number of hydrogen-bond donors (Lipinski definition) is 1. The smallest absolute Gasteiger partial charge is 0.214 e. The highest BCUT2D eigenvalue weighted by Gasteiger charge is 2.42. The van der Waals surface area contributed by atoms with Gasteiger partial charge in [0.05, 0.1) is 32.6 Å². The van der Waals surface area contributed by atoms with E-state index in [0.29, 0.717) is 36.0 Å². The zero-order chi connectivity index (χ0) is 23.8. The van der Waals surface area contributed by atoms with E-state index in [9.17, 15) is 5.11 Å². The van der Waals surface area contributed by atoms with Gasteiger partial charge in [0, 0.05) is 23.1 Å². The van der Waals surface area contributed by atoms with E-state index in [-0.39, 0.29) is 11.8 Å². The van der Waals surface area contributed by atoms with Gasteiger partial charge in [0.25, 0.3) is 0 Å². The number of para-hydroxylation sites is 1. The van der Waals surface area contributed by atoms with Crippen LogP contribution in [0.2, 0.25) is 0 Å². The van der Waals surface area contributed by atoms with Crippen molar-refractivity contribution in [2.24, 2.45) is 5.10 Å². The molecule has 2 aliphatic heterocycles. The molecule has 0 aliphatic carbocycles. The van der Waals surface area contributed by atoms with Crippen molar-refractivity contribution in [1.82, 2.24) is 5.01 Å². The summed E-state index contributed by atoms with van der Waals surface area (Å²) in [6, 6.07) is 17.2. The fourth-order valence-corrected chi connectivity index (χ4v) is 4.62. The lowest BCUT2D eigenvalue weighted by atomic mass is 9.94. The number of rotatable bonds is 6. The van der Waals surface area contributed by atoms with Crippen molar-refractivity contribution in [2.75, 3.05) is 20.8 Å². The van der Waals surface area contributed by atoms with Gasteiger partial charge in [-0.3, -0.25) is 0 Å². The van der Waals surface area contributed by atoms with Crippen LogP contribution in [0.15, 0.2) is 59.7 Å². The van der Waals surface area contributed by atoms with Crippen LogP contribution < -0.4 is 18.9 Å². The maximum absolute atomic E-state index is 10.6. The monoisotopic (exact) mass is 460 g/mol. The number of phenols is 1. The Bertz CT molecular complexity index is 1260. The molecule has 3 aromatic rings. The largest absolute Gasteiger partial charge is 0.507 e. The standard InChI is InChI=1S/C27H28N2O5/c1-5-33-23-12-10-17(14-25(23)32-4)27-29-21(18-7-6-8-24(31-3)26(18)34-27)15-20(28-29)19-13-16(2)9-11-22(19)30/h6-14,21,27,30H,5,15H2,1-4H3/t21-,27-/m0/s1. The first-order valence-electron chi connectivity index (χ1n) is 11.3. The van der Waals surface area contributed by atoms with Crippen molar-refractivity contribution < 1.29 is 24.1 Å². The molecular weight excluding hydrogens is 432 g/mol. The minimum atomic E-state index is -0.511. The summed E-state index contributed by atoms with van der Waals surface area (Å²) in [7, 11) is 3.26. The average Bonchev–Trinajstić information content (AvgIpc) is 3.30. The number of methoxy groups -OCH3 is 2. The third-order valence-corrected chi connectivity index (χ3v) is 6.24. The second-order valence-corrected chi connectivity index (χ2v) is 8.36. The van der Waals surface area contributed by atoms with Crippen molar-refractivity contribution in [1.29, 1.82) is 0 Å². The third kappa shape index (κ3) is 3.67. The second-order valence-electron chi connectivity index (χ2n) is 8.36. The van der Waals surface area contributed by atoms with Gasteiger partial charge in [-0.1, -0.05) is 23.8 Å². The summed E-state index contributed by atoms with van der Waals surface area (Å²) in [5.74, 6) is 2.90. The van der Waals surface area contributed by atoms with Gasteiger partial charge >= 0.3 is 0 Å². The molecule has 0 bridgehead atoms. The first kappa shape index (κ1) is 21.9. The predicted molar refractivity (Wildman–Crippen MR) is 129 cm³/mol. The fourth-order valence-electron chi connectivity index (χ4n) is 4.62. The van der Waals surface area contributed by atoms with E-state index in [4.69, 9.17) is 24.0 Å². The molecule has 0 unspecified atom stereocenters. The molecule has 0 spiro atoms. The van der Waals surface area contributed by atoms with Crippen LogP contribution in [0.4, 0.5) is 0 Å². The van der Waals surface area contributed by atoms with Crippen LogP contribution >= 0.6 is 0 Å². The minimum Gasteiger partial charge on any atom is -0.507 e. The Hall–Kier alpha value is -3.87. The Labute approximate surface area is 199 Å². The highest BCUT2D eigenvalue weighted by atomic mass is 16.5. The van der Waals surface area contributed by atoms with Crippen molar-refractivity contribution in [2.45, 2.75) is 32.5 Å². The molecule has 7 heteroatoms. The molecule has 2 aliphatic rings. The topological polar surface area (TPSA) is 72.8 Å². The summed E-state index contributed by atoms with van der Waals surface area (Å²) in [4.78, 5) is 0. The van der Waals surface area contributed by atoms with Crippen LogP contribution in [0.1, 0.15) is 47.9 Å². The number of aryl methyl sites for hydroxylation is 1. The van der Waals surface area contributed by atoms with E-state index < -0.39 is 6.23 Å². The van der Waals surface area contributed by atoms with Crippen LogP contribution in [0, 0.1) is 6.92 Å². The third-order valence-electron chi connectivity index (χ3n) is 6.24. The van der Waals surface area contributed by atoms with Gasteiger partial charge in [-0.2, -0.15) is 5.10 Å². The van der Waals surface area contributed by atoms with E-state index in [1.54, 1.807) is 20.3 Å². The summed E-state index contributed by atoms with van der Waals surface area (Å²) in [6.45, 7) is 4.48. The molecule has 34 heavy (non-hydrogen) atoms. The van der Waals surface area contributed by atoms with E-state index in [0.717, 1.165) is 28.0 Å². The molecule has 0 amide bonds. The average molecular weight is 461 g/mol. The highest BCUT2D eigenvalue weighted by Crippen LogP contribution is 2.51. The van der Waals surface area contributed by atoms with Crippen molar-refractivity contribution in [3.63, 3.8) is 0 Å². The maximum atomic E-state index is 10.6. The van der Waals surface area contributed by atoms with Crippen molar-refractivity contribution in [3.05, 3.63) is 76.9 Å². The lowest BCUT2D eigenvalue weighted by Crippen LogP contribution is -2.33. The summed E-state index contributed by atoms with van der Waals surface area (Å²) < 4.78 is 23.4. The second kappa shape index (κ2) is 8.82. The Balaban J connectivity index is 1.62. The molecule has 2 atom stereocenters. The van der Waals surface area contributed by atoms with Crippen LogP contribution in [0.25, 0.3) is 0 Å². The van der Waals surface area contributed by atoms with E-state index >= 15 is 0 Å². The number of hydrogen-bond acceptors (Lipinski definition) is 7. The Morgan fingerprint density at radius 1 is 1.03 bits per heavy atom. The van der Waals surface area contributed by atoms with Crippen LogP contribution in [-0.4, -0.2) is 36.7 Å². The van der Waals surface area contributed by atoms with Crippen LogP contribution in [-0.2, 0) is 0 Å². The zero-order valence-electron chi connectivity index (χ0n) is 19.7. The molecule has 5 rings (SSSR count). The van der Waals surface area contributed by atoms with Gasteiger partial charge in [0.15, 0.2) is 23.0 Å². The zero-order valence-corrected chi connectivity index (χ0v) is 19.7. The number of nitrogens with zero attached hydrogens (tertiary/aromatic N) is 2. The van der Waals surface area contributed by atoms with Crippen LogP contribution in [0.3, 0.4) is 0 Å². The van der Waals surface area contributed by atoms with Gasteiger partial charge in [-0.25, -0.2) is 5.01 Å². The number of fused-ring (bicyclic) bond motifs is 3. The first-order valence-corrected chi connectivity index (χ1v) is 11.3. The quantitative estimate of drug-likeness (QED) is 0.534. The Morgan fingerprint density at radius 3 is 2.62 bits per heavy atom. The SMILES string of the molecule is CCOc1ccc([C@@H]2Oc3c(OC)cccc3[C@@H]3CC(c4cc(C)ccc4O)=NN32)cc1OC. The number of aromatic hydroxyl groups is 1. The van der Waals surface area contributed by atoms with Crippen molar-refractivity contribution in [3.8, 4) is 28.7 Å². The molecular formula is C27H28N2O5. The number of hydrazone groups is 1. The van der Waals surface area contributed by atoms with Crippen molar-refractivity contribution >= 4 is 5.71 Å². The molecule has 176 valence electrons. The summed E-state index contributed by atoms with van der Waals surface area (Å²) in [5.41, 5.74) is 4.49. The fraction of sp³-hybridized carbons (Fsp3) is 0.296. The number of benzene rings is 3. The summed E-state index contributed by atoms with van der Waals surface area (Å²) in [5, 5.41) is 17.5. The van der Waals surface area contributed by atoms with Gasteiger partial charge < -0.3 is 24.1 Å². The van der Waals surface area contributed by atoms with E-state index in [1.807, 2.05) is 67.4 Å². The van der Waals surface area contributed by atoms with E-state index in [2.05, 4.69) is 0 Å². The molecule has 0 radical (unpaired) electrons. The molecule has 7 nitrogen and oxygen atoms in total. The molecule has 0 aromatic heterocycles. The lowest BCUT2D eigenvalue weighted by Gasteiger charge is -2.38. The van der Waals surface area contributed by atoms with Gasteiger partial charge in [0.2, 0.25) is 6.23 Å². The van der Waals surface area contributed by atoms with Gasteiger partial charge in [-0.15, -0.1) is 0 Å². The highest BCUT2D eigenvalue weighted by molar-refractivity contribution is 6.04. The predicted octanol–water partition coefficient (Wildman–Crippen LogP) is 5.36.